The van der Waals surface area contributed by atoms with Gasteiger partial charge in [0.1, 0.15) is 0 Å². The van der Waals surface area contributed by atoms with E-state index in [1.165, 1.54) is 56.3 Å². The van der Waals surface area contributed by atoms with Gasteiger partial charge in [-0.3, -0.25) is 4.99 Å². The number of nitrogens with two attached hydrogens (primary N) is 1. The van der Waals surface area contributed by atoms with Gasteiger partial charge in [0.2, 0.25) is 0 Å². The molecule has 0 amide bonds. The van der Waals surface area contributed by atoms with E-state index in [0.29, 0.717) is 5.96 Å². The molecule has 1 aliphatic heterocycles. The number of fused-ring (bicyclic) bond motifs is 1. The first-order valence-corrected chi connectivity index (χ1v) is 8.58. The van der Waals surface area contributed by atoms with Crippen molar-refractivity contribution in [3.8, 4) is 0 Å². The predicted octanol–water partition coefficient (Wildman–Crippen LogP) is 2.63. The van der Waals surface area contributed by atoms with Gasteiger partial charge in [0, 0.05) is 12.2 Å². The van der Waals surface area contributed by atoms with Crippen LogP contribution < -0.4 is 11.1 Å². The molecule has 0 radical (unpaired) electrons. The van der Waals surface area contributed by atoms with Crippen LogP contribution in [0.15, 0.2) is 23.2 Å². The van der Waals surface area contributed by atoms with Crippen molar-refractivity contribution in [2.75, 3.05) is 32.0 Å². The number of nitrogens with zero attached hydrogens (tertiary/aromatic N) is 2. The smallest absolute Gasteiger partial charge is 0.193 e. The molecule has 0 bridgehead atoms. The molecule has 120 valence electrons. The number of anilines is 1. The summed E-state index contributed by atoms with van der Waals surface area (Å²) in [5.74, 6) is 1.36. The molecule has 0 atom stereocenters. The minimum atomic E-state index is 0.547. The molecule has 1 saturated heterocycles. The van der Waals surface area contributed by atoms with Crippen LogP contribution in [-0.4, -0.2) is 37.5 Å². The summed E-state index contributed by atoms with van der Waals surface area (Å²) < 4.78 is 0. The number of likely N-dealkylation sites (tertiary alicyclic amines) is 1. The molecule has 0 unspecified atom stereocenters. The van der Waals surface area contributed by atoms with Crippen LogP contribution in [0.5, 0.6) is 0 Å². The average Bonchev–Trinajstić information content (AvgIpc) is 2.97. The number of guanidine groups is 1. The molecule has 1 aromatic rings. The Morgan fingerprint density at radius 1 is 1.27 bits per heavy atom. The highest BCUT2D eigenvalue weighted by atomic mass is 15.1. The van der Waals surface area contributed by atoms with Gasteiger partial charge in [-0.1, -0.05) is 6.07 Å². The maximum absolute atomic E-state index is 6.02. The van der Waals surface area contributed by atoms with E-state index >= 15 is 0 Å². The third kappa shape index (κ3) is 4.01. The van der Waals surface area contributed by atoms with Gasteiger partial charge in [-0.2, -0.15) is 0 Å². The molecule has 3 rings (SSSR count). The van der Waals surface area contributed by atoms with Crippen LogP contribution in [0.3, 0.4) is 0 Å². The summed E-state index contributed by atoms with van der Waals surface area (Å²) in [5.41, 5.74) is 10.0. The lowest BCUT2D eigenvalue weighted by Crippen LogP contribution is -2.30. The van der Waals surface area contributed by atoms with E-state index in [2.05, 4.69) is 40.5 Å². The fourth-order valence-corrected chi connectivity index (χ4v) is 3.56. The number of hydrogen-bond donors (Lipinski definition) is 2. The highest BCUT2D eigenvalue weighted by Crippen LogP contribution is 2.24. The van der Waals surface area contributed by atoms with Crippen LogP contribution >= 0.6 is 0 Å². The Balaban J connectivity index is 1.46. The summed E-state index contributed by atoms with van der Waals surface area (Å²) in [7, 11) is 2.20. The van der Waals surface area contributed by atoms with Gasteiger partial charge in [-0.15, -0.1) is 0 Å². The molecule has 0 aromatic heterocycles. The Labute approximate surface area is 133 Å². The van der Waals surface area contributed by atoms with E-state index in [0.717, 1.165) is 24.6 Å². The van der Waals surface area contributed by atoms with Gasteiger partial charge < -0.3 is 16.0 Å². The number of aryl methyl sites for hydroxylation is 2. The zero-order valence-corrected chi connectivity index (χ0v) is 13.6. The number of nitrogens with one attached hydrogen (secondary N) is 1. The first-order valence-electron chi connectivity index (χ1n) is 8.58. The Morgan fingerprint density at radius 3 is 2.86 bits per heavy atom. The summed E-state index contributed by atoms with van der Waals surface area (Å²) in [6.45, 7) is 3.27. The lowest BCUT2D eigenvalue weighted by Gasteiger charge is -2.28. The van der Waals surface area contributed by atoms with Crippen LogP contribution in [-0.2, 0) is 12.8 Å². The molecule has 1 aromatic carbocycles. The largest absolute Gasteiger partial charge is 0.370 e. The van der Waals surface area contributed by atoms with Gasteiger partial charge in [-0.25, -0.2) is 0 Å². The average molecular weight is 300 g/mol. The van der Waals surface area contributed by atoms with E-state index in [1.54, 1.807) is 0 Å². The van der Waals surface area contributed by atoms with Gasteiger partial charge in [0.05, 0.1) is 0 Å². The van der Waals surface area contributed by atoms with Crippen molar-refractivity contribution < 1.29 is 0 Å². The van der Waals surface area contributed by atoms with Gasteiger partial charge >= 0.3 is 0 Å². The van der Waals surface area contributed by atoms with Crippen molar-refractivity contribution in [3.63, 3.8) is 0 Å². The zero-order chi connectivity index (χ0) is 15.4. The Kier molecular flexibility index (Phi) is 4.98. The first-order chi connectivity index (χ1) is 10.7. The third-order valence-corrected chi connectivity index (χ3v) is 5.03. The topological polar surface area (TPSA) is 53.6 Å². The van der Waals surface area contributed by atoms with Crippen molar-refractivity contribution >= 4 is 11.6 Å². The summed E-state index contributed by atoms with van der Waals surface area (Å²) in [6.07, 6.45) is 7.43. The molecule has 22 heavy (non-hydrogen) atoms. The second kappa shape index (κ2) is 7.14. The van der Waals surface area contributed by atoms with Gasteiger partial charge in [0.25, 0.3) is 0 Å². The van der Waals surface area contributed by atoms with Crippen LogP contribution in [0.1, 0.15) is 36.8 Å². The van der Waals surface area contributed by atoms with E-state index in [9.17, 15) is 0 Å². The van der Waals surface area contributed by atoms with Crippen LogP contribution in [0.25, 0.3) is 0 Å². The Hall–Kier alpha value is -1.55. The summed E-state index contributed by atoms with van der Waals surface area (Å²) in [6, 6.07) is 6.56. The van der Waals surface area contributed by atoms with Crippen molar-refractivity contribution in [3.05, 3.63) is 29.3 Å². The molecule has 3 N–H and O–H groups in total. The summed E-state index contributed by atoms with van der Waals surface area (Å²) >= 11 is 0. The number of benzene rings is 1. The number of hydrogen-bond acceptors (Lipinski definition) is 2. The number of piperidine rings is 1. The molecule has 2 aliphatic rings. The summed E-state index contributed by atoms with van der Waals surface area (Å²) in [4.78, 5) is 6.90. The fourth-order valence-electron chi connectivity index (χ4n) is 3.56. The molecule has 1 fully saturated rings. The highest BCUT2D eigenvalue weighted by Gasteiger charge is 2.16. The van der Waals surface area contributed by atoms with Crippen LogP contribution in [0.4, 0.5) is 5.69 Å². The van der Waals surface area contributed by atoms with Crippen molar-refractivity contribution in [1.82, 2.24) is 4.90 Å². The van der Waals surface area contributed by atoms with Crippen molar-refractivity contribution in [2.45, 2.75) is 38.5 Å². The Bertz CT molecular complexity index is 530. The Morgan fingerprint density at radius 2 is 2.05 bits per heavy atom. The van der Waals surface area contributed by atoms with E-state index in [-0.39, 0.29) is 0 Å². The second-order valence-corrected chi connectivity index (χ2v) is 6.76. The van der Waals surface area contributed by atoms with Crippen LogP contribution in [0.2, 0.25) is 0 Å². The monoisotopic (exact) mass is 300 g/mol. The fraction of sp³-hybridized carbons (Fsp3) is 0.611. The SMILES string of the molecule is CN1CCC(CCN=C(N)Nc2ccc3c(c2)CCC3)CC1. The minimum absolute atomic E-state index is 0.547. The molecular formula is C18H28N4. The number of rotatable bonds is 4. The summed E-state index contributed by atoms with van der Waals surface area (Å²) in [5, 5.41) is 3.24. The van der Waals surface area contributed by atoms with Crippen molar-refractivity contribution in [1.29, 1.82) is 0 Å². The molecular weight excluding hydrogens is 272 g/mol. The van der Waals surface area contributed by atoms with Crippen molar-refractivity contribution in [2.24, 2.45) is 16.6 Å². The number of aliphatic imine (C=N–C) groups is 1. The standard InChI is InChI=1S/C18H28N4/c1-22-11-8-14(9-12-22)7-10-20-18(19)21-17-6-5-15-3-2-4-16(15)13-17/h5-6,13-14H,2-4,7-12H2,1H3,(H3,19,20,21). The maximum Gasteiger partial charge on any atom is 0.193 e. The highest BCUT2D eigenvalue weighted by molar-refractivity contribution is 5.92. The maximum atomic E-state index is 6.02. The molecule has 1 heterocycles. The van der Waals surface area contributed by atoms with Gasteiger partial charge in [0.15, 0.2) is 5.96 Å². The molecule has 0 spiro atoms. The third-order valence-electron chi connectivity index (χ3n) is 5.03. The first kappa shape index (κ1) is 15.3. The normalized spacial score (nSPS) is 20.1. The molecule has 4 heteroatoms. The minimum Gasteiger partial charge on any atom is -0.370 e. The van der Waals surface area contributed by atoms with Crippen LogP contribution in [0, 0.1) is 5.92 Å². The lowest BCUT2D eigenvalue weighted by molar-refractivity contribution is 0.214. The van der Waals surface area contributed by atoms with E-state index in [1.807, 2.05) is 0 Å². The predicted molar refractivity (Wildman–Crippen MR) is 93.4 cm³/mol. The molecule has 4 nitrogen and oxygen atoms in total. The second-order valence-electron chi connectivity index (χ2n) is 6.76. The van der Waals surface area contributed by atoms with E-state index < -0.39 is 0 Å². The van der Waals surface area contributed by atoms with E-state index in [4.69, 9.17) is 5.73 Å². The quantitative estimate of drug-likeness (QED) is 0.664. The van der Waals surface area contributed by atoms with Gasteiger partial charge in [-0.05, 0) is 87.8 Å². The molecule has 0 saturated carbocycles. The lowest BCUT2D eigenvalue weighted by atomic mass is 9.94. The zero-order valence-electron chi connectivity index (χ0n) is 13.6. The molecule has 1 aliphatic carbocycles.